The number of nitrogens with zero attached hydrogens (tertiary/aromatic N) is 4. The molecule has 6 nitrogen and oxygen atoms in total. The van der Waals surface area contributed by atoms with Crippen LogP contribution in [0.5, 0.6) is 0 Å². The molecule has 3 aromatic rings. The highest BCUT2D eigenvalue weighted by atomic mass is 35.5. The van der Waals surface area contributed by atoms with Gasteiger partial charge >= 0.3 is 6.18 Å². The SMILES string of the molecule is Cc1c(Cl)c(C(F)(F)F)nn1CCC(=O)Nc1cnn(Cc2ccc(Cl)c(Cl)c2)c1. The average molecular weight is 481 g/mol. The van der Waals surface area contributed by atoms with Crippen LogP contribution in [0.3, 0.4) is 0 Å². The van der Waals surface area contributed by atoms with E-state index in [0.717, 1.165) is 10.2 Å². The zero-order valence-corrected chi connectivity index (χ0v) is 17.7. The van der Waals surface area contributed by atoms with Crippen molar-refractivity contribution < 1.29 is 18.0 Å². The second-order valence-corrected chi connectivity index (χ2v) is 7.63. The number of aromatic nitrogens is 4. The topological polar surface area (TPSA) is 64.7 Å². The number of anilines is 1. The third kappa shape index (κ3) is 5.27. The number of hydrogen-bond acceptors (Lipinski definition) is 3. The summed E-state index contributed by atoms with van der Waals surface area (Å²) < 4.78 is 41.3. The summed E-state index contributed by atoms with van der Waals surface area (Å²) in [5, 5.41) is 10.7. The Balaban J connectivity index is 1.58. The molecule has 0 saturated carbocycles. The first kappa shape index (κ1) is 22.5. The highest BCUT2D eigenvalue weighted by Gasteiger charge is 2.38. The van der Waals surface area contributed by atoms with Crippen molar-refractivity contribution in [1.29, 1.82) is 0 Å². The first-order valence-corrected chi connectivity index (χ1v) is 9.74. The molecule has 0 aliphatic carbocycles. The van der Waals surface area contributed by atoms with Crippen LogP contribution in [-0.2, 0) is 24.1 Å². The lowest BCUT2D eigenvalue weighted by Gasteiger charge is -2.05. The standard InChI is InChI=1S/C18H15Cl3F3N5O/c1-10-16(21)17(18(22,23)24)27-29(10)5-4-15(30)26-12-7-25-28(9-12)8-11-2-3-13(19)14(20)6-11/h2-3,6-7,9H,4-5,8H2,1H3,(H,26,30). The summed E-state index contributed by atoms with van der Waals surface area (Å²) in [5.74, 6) is -0.399. The van der Waals surface area contributed by atoms with Crippen LogP contribution in [0.15, 0.2) is 30.6 Å². The van der Waals surface area contributed by atoms with Crippen molar-refractivity contribution in [2.75, 3.05) is 5.32 Å². The maximum atomic E-state index is 12.9. The Hall–Kier alpha value is -2.23. The third-order valence-electron chi connectivity index (χ3n) is 4.20. The number of carbonyl (C=O) groups excluding carboxylic acids is 1. The van der Waals surface area contributed by atoms with Gasteiger partial charge in [0.15, 0.2) is 5.69 Å². The molecule has 1 amide bonds. The van der Waals surface area contributed by atoms with E-state index in [2.05, 4.69) is 15.5 Å². The van der Waals surface area contributed by atoms with E-state index in [1.165, 1.54) is 13.1 Å². The van der Waals surface area contributed by atoms with Gasteiger partial charge in [0.2, 0.25) is 5.91 Å². The number of hydrogen-bond donors (Lipinski definition) is 1. The fourth-order valence-electron chi connectivity index (χ4n) is 2.69. The Morgan fingerprint density at radius 1 is 1.20 bits per heavy atom. The Morgan fingerprint density at radius 2 is 1.93 bits per heavy atom. The van der Waals surface area contributed by atoms with Crippen LogP contribution in [0.2, 0.25) is 15.1 Å². The molecule has 0 fully saturated rings. The van der Waals surface area contributed by atoms with E-state index in [-0.39, 0.29) is 18.7 Å². The second kappa shape index (κ2) is 8.87. The molecule has 160 valence electrons. The zero-order valence-electron chi connectivity index (χ0n) is 15.5. The van der Waals surface area contributed by atoms with Crippen LogP contribution < -0.4 is 5.32 Å². The van der Waals surface area contributed by atoms with Crippen molar-refractivity contribution in [3.05, 3.63) is 62.6 Å². The fourth-order valence-corrected chi connectivity index (χ4v) is 3.26. The molecule has 3 rings (SSSR count). The summed E-state index contributed by atoms with van der Waals surface area (Å²) >= 11 is 17.6. The van der Waals surface area contributed by atoms with E-state index < -0.39 is 22.8 Å². The zero-order chi connectivity index (χ0) is 22.1. The molecule has 0 unspecified atom stereocenters. The smallest absolute Gasteiger partial charge is 0.323 e. The van der Waals surface area contributed by atoms with E-state index in [1.807, 2.05) is 0 Å². The van der Waals surface area contributed by atoms with Gasteiger partial charge in [-0.3, -0.25) is 14.2 Å². The molecule has 30 heavy (non-hydrogen) atoms. The summed E-state index contributed by atoms with van der Waals surface area (Å²) in [6, 6.07) is 5.20. The van der Waals surface area contributed by atoms with Crippen molar-refractivity contribution in [2.45, 2.75) is 32.6 Å². The molecule has 0 aliphatic rings. The molecule has 2 aromatic heterocycles. The van der Waals surface area contributed by atoms with Crippen LogP contribution >= 0.6 is 34.8 Å². The first-order chi connectivity index (χ1) is 14.0. The Bertz CT molecular complexity index is 1080. The minimum Gasteiger partial charge on any atom is -0.323 e. The van der Waals surface area contributed by atoms with Crippen LogP contribution in [0.25, 0.3) is 0 Å². The average Bonchev–Trinajstić information content (AvgIpc) is 3.21. The first-order valence-electron chi connectivity index (χ1n) is 8.61. The van der Waals surface area contributed by atoms with Crippen molar-refractivity contribution >= 4 is 46.4 Å². The Labute approximate surface area is 184 Å². The van der Waals surface area contributed by atoms with Gasteiger partial charge in [-0.1, -0.05) is 40.9 Å². The van der Waals surface area contributed by atoms with Crippen molar-refractivity contribution in [2.24, 2.45) is 0 Å². The number of alkyl halides is 3. The minimum atomic E-state index is -4.65. The van der Waals surface area contributed by atoms with Gasteiger partial charge in [0.05, 0.1) is 45.7 Å². The molecular formula is C18H15Cl3F3N5O. The molecule has 0 aliphatic heterocycles. The van der Waals surface area contributed by atoms with Gasteiger partial charge in [-0.2, -0.15) is 23.4 Å². The highest BCUT2D eigenvalue weighted by molar-refractivity contribution is 6.42. The lowest BCUT2D eigenvalue weighted by molar-refractivity contribution is -0.141. The third-order valence-corrected chi connectivity index (χ3v) is 5.39. The van der Waals surface area contributed by atoms with Gasteiger partial charge in [0.25, 0.3) is 0 Å². The van der Waals surface area contributed by atoms with Gasteiger partial charge < -0.3 is 5.32 Å². The molecule has 0 spiro atoms. The van der Waals surface area contributed by atoms with Crippen LogP contribution in [0.4, 0.5) is 18.9 Å². The van der Waals surface area contributed by atoms with Crippen molar-refractivity contribution in [1.82, 2.24) is 19.6 Å². The normalized spacial score (nSPS) is 11.7. The number of halogens is 6. The molecule has 0 radical (unpaired) electrons. The number of nitrogens with one attached hydrogen (secondary N) is 1. The predicted molar refractivity (Wildman–Crippen MR) is 108 cm³/mol. The molecule has 0 bridgehead atoms. The Kier molecular flexibility index (Phi) is 6.64. The van der Waals surface area contributed by atoms with Crippen LogP contribution in [0.1, 0.15) is 23.4 Å². The van der Waals surface area contributed by atoms with Gasteiger partial charge in [-0.05, 0) is 24.6 Å². The van der Waals surface area contributed by atoms with Crippen LogP contribution in [0, 0.1) is 6.92 Å². The fraction of sp³-hybridized carbons (Fsp3) is 0.278. The Morgan fingerprint density at radius 3 is 2.57 bits per heavy atom. The maximum Gasteiger partial charge on any atom is 0.436 e. The van der Waals surface area contributed by atoms with E-state index in [1.54, 1.807) is 29.1 Å². The molecule has 1 aromatic carbocycles. The van der Waals surface area contributed by atoms with E-state index in [0.29, 0.717) is 22.3 Å². The molecule has 2 heterocycles. The molecule has 12 heteroatoms. The lowest BCUT2D eigenvalue weighted by atomic mass is 10.2. The summed E-state index contributed by atoms with van der Waals surface area (Å²) in [5.41, 5.74) is 0.306. The number of carbonyl (C=O) groups is 1. The molecule has 1 N–H and O–H groups in total. The summed E-state index contributed by atoms with van der Waals surface area (Å²) in [7, 11) is 0. The van der Waals surface area contributed by atoms with Gasteiger partial charge in [0, 0.05) is 12.6 Å². The molecular weight excluding hydrogens is 466 g/mol. The molecule has 0 atom stereocenters. The van der Waals surface area contributed by atoms with E-state index in [9.17, 15) is 18.0 Å². The second-order valence-electron chi connectivity index (χ2n) is 6.44. The quantitative estimate of drug-likeness (QED) is 0.511. The monoisotopic (exact) mass is 479 g/mol. The van der Waals surface area contributed by atoms with E-state index in [4.69, 9.17) is 34.8 Å². The number of aryl methyl sites for hydroxylation is 1. The van der Waals surface area contributed by atoms with Gasteiger partial charge in [-0.25, -0.2) is 0 Å². The van der Waals surface area contributed by atoms with Gasteiger partial charge in [-0.15, -0.1) is 0 Å². The predicted octanol–water partition coefficient (Wildman–Crippen LogP) is 5.44. The number of rotatable bonds is 6. The minimum absolute atomic E-state index is 0.0507. The maximum absolute atomic E-state index is 12.9. The molecule has 0 saturated heterocycles. The largest absolute Gasteiger partial charge is 0.436 e. The summed E-state index contributed by atoms with van der Waals surface area (Å²) in [4.78, 5) is 12.2. The van der Waals surface area contributed by atoms with Gasteiger partial charge in [0.1, 0.15) is 0 Å². The highest BCUT2D eigenvalue weighted by Crippen LogP contribution is 2.35. The number of amides is 1. The summed E-state index contributed by atoms with van der Waals surface area (Å²) in [6.07, 6.45) is -1.65. The number of benzene rings is 1. The van der Waals surface area contributed by atoms with Crippen LogP contribution in [-0.4, -0.2) is 25.5 Å². The van der Waals surface area contributed by atoms with E-state index >= 15 is 0 Å². The van der Waals surface area contributed by atoms with Crippen molar-refractivity contribution in [3.8, 4) is 0 Å². The lowest BCUT2D eigenvalue weighted by Crippen LogP contribution is -2.16. The van der Waals surface area contributed by atoms with Crippen molar-refractivity contribution in [3.63, 3.8) is 0 Å². The summed E-state index contributed by atoms with van der Waals surface area (Å²) in [6.45, 7) is 1.78.